The molecular formula is C44H54N4O3P2S. The maximum atomic E-state index is 13.4. The Morgan fingerprint density at radius 2 is 1.13 bits per heavy atom. The Morgan fingerprint density at radius 1 is 0.667 bits per heavy atom. The molecule has 0 aliphatic carbocycles. The SMILES string of the molecule is CC(CNC(=O)CCCCNC(=O)CCCC[C@@H]1SC[C@@H]2NC(=O)N[C@@H]21)(CP(c1ccccc1)c1ccccc1)CP(c1ccccc1)c1ccccc1. The number of rotatable bonds is 20. The van der Waals surface area contributed by atoms with Crippen molar-refractivity contribution in [3.63, 3.8) is 0 Å². The van der Waals surface area contributed by atoms with Gasteiger partial charge in [-0.15, -0.1) is 0 Å². The molecule has 0 spiro atoms. The van der Waals surface area contributed by atoms with Crippen molar-refractivity contribution >= 4 is 66.7 Å². The third-order valence-electron chi connectivity index (χ3n) is 10.3. The molecule has 3 atom stereocenters. The molecule has 2 heterocycles. The van der Waals surface area contributed by atoms with Crippen LogP contribution in [-0.4, -0.2) is 66.3 Å². The van der Waals surface area contributed by atoms with Crippen molar-refractivity contribution in [2.24, 2.45) is 5.41 Å². The van der Waals surface area contributed by atoms with Crippen LogP contribution < -0.4 is 42.5 Å². The van der Waals surface area contributed by atoms with Gasteiger partial charge in [0.1, 0.15) is 0 Å². The molecule has 4 aromatic rings. The highest BCUT2D eigenvalue weighted by atomic mass is 32.2. The third-order valence-corrected chi connectivity index (χ3v) is 17.7. The quantitative estimate of drug-likeness (QED) is 0.0475. The number of amides is 4. The lowest BCUT2D eigenvalue weighted by atomic mass is 9.96. The molecule has 0 bridgehead atoms. The molecule has 2 fully saturated rings. The summed E-state index contributed by atoms with van der Waals surface area (Å²) in [6.07, 6.45) is 7.18. The van der Waals surface area contributed by atoms with Gasteiger partial charge < -0.3 is 21.3 Å². The van der Waals surface area contributed by atoms with Crippen LogP contribution in [0.4, 0.5) is 4.79 Å². The van der Waals surface area contributed by atoms with Gasteiger partial charge in [0.2, 0.25) is 11.8 Å². The Labute approximate surface area is 328 Å². The molecule has 6 rings (SSSR count). The summed E-state index contributed by atoms with van der Waals surface area (Å²) in [6, 6.07) is 43.9. The van der Waals surface area contributed by atoms with Crippen LogP contribution >= 0.6 is 27.6 Å². The van der Waals surface area contributed by atoms with Gasteiger partial charge in [-0.3, -0.25) is 9.59 Å². The van der Waals surface area contributed by atoms with E-state index in [1.807, 2.05) is 11.8 Å². The van der Waals surface area contributed by atoms with E-state index in [9.17, 15) is 14.4 Å². The van der Waals surface area contributed by atoms with Crippen LogP contribution in [0.3, 0.4) is 0 Å². The fourth-order valence-corrected chi connectivity index (χ4v) is 14.6. The number of thioether (sulfide) groups is 1. The zero-order chi connectivity index (χ0) is 37.6. The minimum absolute atomic E-state index is 0.0568. The van der Waals surface area contributed by atoms with Gasteiger partial charge in [-0.2, -0.15) is 11.8 Å². The molecule has 2 aliphatic heterocycles. The fraction of sp³-hybridized carbons (Fsp3) is 0.386. The fourth-order valence-electron chi connectivity index (χ4n) is 7.42. The van der Waals surface area contributed by atoms with Crippen LogP contribution in [0.1, 0.15) is 51.9 Å². The van der Waals surface area contributed by atoms with E-state index < -0.39 is 15.8 Å². The van der Waals surface area contributed by atoms with E-state index in [1.165, 1.54) is 21.2 Å². The maximum absolute atomic E-state index is 13.4. The zero-order valence-electron chi connectivity index (χ0n) is 31.3. The highest BCUT2D eigenvalue weighted by Crippen LogP contribution is 2.47. The summed E-state index contributed by atoms with van der Waals surface area (Å²) in [5, 5.41) is 18.3. The predicted molar refractivity (Wildman–Crippen MR) is 230 cm³/mol. The van der Waals surface area contributed by atoms with Gasteiger partial charge in [-0.25, -0.2) is 4.79 Å². The minimum Gasteiger partial charge on any atom is -0.356 e. The molecule has 2 saturated heterocycles. The van der Waals surface area contributed by atoms with Crippen molar-refractivity contribution in [2.45, 2.75) is 69.2 Å². The molecule has 10 heteroatoms. The van der Waals surface area contributed by atoms with Gasteiger partial charge in [0.05, 0.1) is 12.1 Å². The molecule has 4 aromatic carbocycles. The van der Waals surface area contributed by atoms with Crippen molar-refractivity contribution < 1.29 is 14.4 Å². The van der Waals surface area contributed by atoms with Crippen molar-refractivity contribution in [1.82, 2.24) is 21.3 Å². The Morgan fingerprint density at radius 3 is 1.63 bits per heavy atom. The first kappa shape index (κ1) is 40.0. The van der Waals surface area contributed by atoms with Crippen molar-refractivity contribution in [3.05, 3.63) is 121 Å². The standard InChI is InChI=1S/C44H54N4O3P2S/c1-44(32-52(34-18-6-2-7-19-34)35-20-8-3-9-21-35,33-53(36-22-10-4-11-23-36)37-24-12-5-13-25-37)31-46-41(50)28-16-17-29-45-40(49)27-15-14-26-39-42-38(30-54-39)47-43(51)48-42/h2-13,18-25,38-39,42H,14-17,26-33H2,1H3,(H,45,49)(H,46,50)(H2,47,48,51)/t38-,39-,42-/m0/s1. The van der Waals surface area contributed by atoms with E-state index in [0.29, 0.717) is 31.2 Å². The summed E-state index contributed by atoms with van der Waals surface area (Å²) in [6.45, 7) is 3.56. The number of carbonyl (C=O) groups excluding carboxylic acids is 3. The first-order valence-electron chi connectivity index (χ1n) is 19.3. The summed E-state index contributed by atoms with van der Waals surface area (Å²) in [4.78, 5) is 37.5. The molecule has 2 aliphatic rings. The van der Waals surface area contributed by atoms with Gasteiger partial charge in [0.25, 0.3) is 0 Å². The summed E-state index contributed by atoms with van der Waals surface area (Å²) in [5.41, 5.74) is -0.182. The largest absolute Gasteiger partial charge is 0.356 e. The van der Waals surface area contributed by atoms with Crippen LogP contribution in [0.5, 0.6) is 0 Å². The lowest BCUT2D eigenvalue weighted by Gasteiger charge is -2.37. The van der Waals surface area contributed by atoms with Crippen molar-refractivity contribution in [3.8, 4) is 0 Å². The summed E-state index contributed by atoms with van der Waals surface area (Å²) >= 11 is 1.91. The molecule has 0 saturated carbocycles. The monoisotopic (exact) mass is 780 g/mol. The number of nitrogens with one attached hydrogen (secondary N) is 4. The Kier molecular flexibility index (Phi) is 15.0. The first-order chi connectivity index (χ1) is 26.4. The molecule has 0 aromatic heterocycles. The summed E-state index contributed by atoms with van der Waals surface area (Å²) < 4.78 is 0. The molecule has 7 nitrogen and oxygen atoms in total. The predicted octanol–water partition coefficient (Wildman–Crippen LogP) is 6.39. The molecule has 0 unspecified atom stereocenters. The van der Waals surface area contributed by atoms with Gasteiger partial charge in [-0.1, -0.05) is 135 Å². The van der Waals surface area contributed by atoms with Crippen LogP contribution in [0.2, 0.25) is 0 Å². The number of hydrogen-bond donors (Lipinski definition) is 4. The van der Waals surface area contributed by atoms with Crippen molar-refractivity contribution in [1.29, 1.82) is 0 Å². The van der Waals surface area contributed by atoms with E-state index >= 15 is 0 Å². The lowest BCUT2D eigenvalue weighted by Crippen LogP contribution is -2.42. The van der Waals surface area contributed by atoms with E-state index in [4.69, 9.17) is 0 Å². The Hall–Kier alpha value is -3.70. The first-order valence-corrected chi connectivity index (χ1v) is 23.4. The molecule has 4 amide bonds. The van der Waals surface area contributed by atoms with Crippen LogP contribution in [0.15, 0.2) is 121 Å². The van der Waals surface area contributed by atoms with Gasteiger partial charge >= 0.3 is 6.03 Å². The second-order valence-corrected chi connectivity index (χ2v) is 20.5. The smallest absolute Gasteiger partial charge is 0.315 e. The minimum atomic E-state index is -0.673. The molecule has 4 N–H and O–H groups in total. The molecule has 0 radical (unpaired) electrons. The second kappa shape index (κ2) is 20.3. The summed E-state index contributed by atoms with van der Waals surface area (Å²) in [5.74, 6) is 1.10. The number of hydrogen-bond acceptors (Lipinski definition) is 4. The Balaban J connectivity index is 1.02. The third kappa shape index (κ3) is 11.7. The van der Waals surface area contributed by atoms with Gasteiger partial charge in [0, 0.05) is 36.9 Å². The number of unbranched alkanes of at least 4 members (excludes halogenated alkanes) is 2. The van der Waals surface area contributed by atoms with Crippen LogP contribution in [0.25, 0.3) is 0 Å². The van der Waals surface area contributed by atoms with E-state index in [2.05, 4.69) is 150 Å². The molecule has 54 heavy (non-hydrogen) atoms. The highest BCUT2D eigenvalue weighted by molar-refractivity contribution is 8.00. The second-order valence-electron chi connectivity index (χ2n) is 14.8. The lowest BCUT2D eigenvalue weighted by molar-refractivity contribution is -0.121. The molecule has 284 valence electrons. The average Bonchev–Trinajstić information content (AvgIpc) is 3.77. The zero-order valence-corrected chi connectivity index (χ0v) is 33.9. The number of fused-ring (bicyclic) bond motifs is 1. The van der Waals surface area contributed by atoms with E-state index in [0.717, 1.165) is 50.2 Å². The topological polar surface area (TPSA) is 99.3 Å². The maximum Gasteiger partial charge on any atom is 0.315 e. The normalized spacial score (nSPS) is 17.9. The van der Waals surface area contributed by atoms with Gasteiger partial charge in [0.15, 0.2) is 0 Å². The number of urea groups is 1. The highest BCUT2D eigenvalue weighted by Gasteiger charge is 2.42. The number of benzene rings is 4. The molecular weight excluding hydrogens is 727 g/mol. The van der Waals surface area contributed by atoms with Crippen LogP contribution in [-0.2, 0) is 9.59 Å². The van der Waals surface area contributed by atoms with Crippen molar-refractivity contribution in [2.75, 3.05) is 31.2 Å². The number of carbonyl (C=O) groups is 3. The van der Waals surface area contributed by atoms with Crippen LogP contribution in [0, 0.1) is 5.41 Å². The van der Waals surface area contributed by atoms with E-state index in [1.54, 1.807) is 0 Å². The summed E-state index contributed by atoms with van der Waals surface area (Å²) in [7, 11) is -1.35. The van der Waals surface area contributed by atoms with E-state index in [-0.39, 0.29) is 35.3 Å². The Bertz CT molecular complexity index is 1610. The van der Waals surface area contributed by atoms with Gasteiger partial charge in [-0.05, 0) is 80.5 Å². The average molecular weight is 781 g/mol.